The zero-order chi connectivity index (χ0) is 17.9. The van der Waals surface area contributed by atoms with Crippen LogP contribution in [0.25, 0.3) is 11.3 Å². The van der Waals surface area contributed by atoms with Gasteiger partial charge in [0.05, 0.1) is 11.3 Å². The number of fused-ring (bicyclic) bond motifs is 1. The largest absolute Gasteiger partial charge is 0.486 e. The van der Waals surface area contributed by atoms with E-state index in [4.69, 9.17) is 9.47 Å². The van der Waals surface area contributed by atoms with E-state index in [1.54, 1.807) is 41.5 Å². The fraction of sp³-hybridized carbons (Fsp3) is 0.211. The predicted molar refractivity (Wildman–Crippen MR) is 95.0 cm³/mol. The summed E-state index contributed by atoms with van der Waals surface area (Å²) in [5.41, 5.74) is 3.29. The van der Waals surface area contributed by atoms with Crippen LogP contribution in [0.15, 0.2) is 48.9 Å². The summed E-state index contributed by atoms with van der Waals surface area (Å²) in [5, 5.41) is 7.09. The molecule has 3 heterocycles. The van der Waals surface area contributed by atoms with Crippen LogP contribution in [-0.4, -0.2) is 33.9 Å². The van der Waals surface area contributed by atoms with E-state index in [9.17, 15) is 4.79 Å². The molecule has 1 aromatic carbocycles. The second-order valence-corrected chi connectivity index (χ2v) is 5.93. The van der Waals surface area contributed by atoms with Crippen LogP contribution in [-0.2, 0) is 13.6 Å². The fourth-order valence-electron chi connectivity index (χ4n) is 2.91. The van der Waals surface area contributed by atoms with Gasteiger partial charge in [-0.05, 0) is 29.8 Å². The summed E-state index contributed by atoms with van der Waals surface area (Å²) in [7, 11) is 1.88. The van der Waals surface area contributed by atoms with E-state index in [-0.39, 0.29) is 5.91 Å². The number of pyridine rings is 1. The number of nitrogens with one attached hydrogen (secondary N) is 1. The number of para-hydroxylation sites is 1. The van der Waals surface area contributed by atoms with Crippen molar-refractivity contribution in [2.24, 2.45) is 7.05 Å². The Kier molecular flexibility index (Phi) is 4.27. The Bertz CT molecular complexity index is 951. The lowest BCUT2D eigenvalue weighted by atomic mass is 10.1. The first-order chi connectivity index (χ1) is 12.7. The molecule has 1 amide bonds. The third-order valence-electron chi connectivity index (χ3n) is 4.18. The molecule has 7 nitrogen and oxygen atoms in total. The lowest BCUT2D eigenvalue weighted by Gasteiger charge is -2.20. The van der Waals surface area contributed by atoms with E-state index < -0.39 is 0 Å². The number of rotatable bonds is 4. The molecular weight excluding hydrogens is 332 g/mol. The van der Waals surface area contributed by atoms with Gasteiger partial charge in [-0.15, -0.1) is 0 Å². The topological polar surface area (TPSA) is 78.3 Å². The molecule has 0 aliphatic carbocycles. The Hall–Kier alpha value is -3.35. The summed E-state index contributed by atoms with van der Waals surface area (Å²) in [5.74, 6) is 0.889. The van der Waals surface area contributed by atoms with Gasteiger partial charge in [0, 0.05) is 37.7 Å². The molecule has 26 heavy (non-hydrogen) atoms. The average molecular weight is 350 g/mol. The van der Waals surface area contributed by atoms with Crippen molar-refractivity contribution in [3.8, 4) is 22.8 Å². The van der Waals surface area contributed by atoms with Gasteiger partial charge in [0.25, 0.3) is 5.91 Å². The molecule has 2 aromatic heterocycles. The van der Waals surface area contributed by atoms with Crippen LogP contribution < -0.4 is 14.8 Å². The molecule has 4 rings (SSSR count). The molecular formula is C19H18N4O3. The molecule has 0 saturated carbocycles. The highest BCUT2D eigenvalue weighted by atomic mass is 16.6. The van der Waals surface area contributed by atoms with E-state index in [0.29, 0.717) is 36.8 Å². The molecule has 3 aromatic rings. The molecule has 1 aliphatic heterocycles. The molecule has 0 spiro atoms. The maximum atomic E-state index is 12.6. The van der Waals surface area contributed by atoms with Gasteiger partial charge in [0.15, 0.2) is 11.5 Å². The number of hydrogen-bond donors (Lipinski definition) is 1. The SMILES string of the molecule is Cn1nccc1-c1cncc(CNC(=O)c2cccc3c2OCCO3)c1. The minimum Gasteiger partial charge on any atom is -0.486 e. The van der Waals surface area contributed by atoms with E-state index >= 15 is 0 Å². The normalized spacial score (nSPS) is 12.7. The molecule has 1 N–H and O–H groups in total. The highest BCUT2D eigenvalue weighted by Gasteiger charge is 2.20. The van der Waals surface area contributed by atoms with Crippen LogP contribution in [0, 0.1) is 0 Å². The van der Waals surface area contributed by atoms with Gasteiger partial charge < -0.3 is 14.8 Å². The molecule has 0 bridgehead atoms. The number of ether oxygens (including phenoxy) is 2. The minimum atomic E-state index is -0.210. The summed E-state index contributed by atoms with van der Waals surface area (Å²) in [6.07, 6.45) is 5.26. The number of carbonyl (C=O) groups excluding carboxylic acids is 1. The van der Waals surface area contributed by atoms with Gasteiger partial charge in [-0.2, -0.15) is 5.10 Å². The van der Waals surface area contributed by atoms with Crippen molar-refractivity contribution in [3.63, 3.8) is 0 Å². The molecule has 0 fully saturated rings. The zero-order valence-corrected chi connectivity index (χ0v) is 14.3. The first-order valence-electron chi connectivity index (χ1n) is 8.31. The van der Waals surface area contributed by atoms with Gasteiger partial charge in [-0.3, -0.25) is 14.5 Å². The molecule has 0 unspecified atom stereocenters. The standard InChI is InChI=1S/C19H18N4O3/c1-23-16(5-6-22-23)14-9-13(10-20-12-14)11-21-19(24)15-3-2-4-17-18(15)26-8-7-25-17/h2-6,9-10,12H,7-8,11H2,1H3,(H,21,24). The van der Waals surface area contributed by atoms with E-state index in [2.05, 4.69) is 15.4 Å². The molecule has 132 valence electrons. The Morgan fingerprint density at radius 1 is 1.23 bits per heavy atom. The summed E-state index contributed by atoms with van der Waals surface area (Å²) in [6, 6.07) is 9.23. The smallest absolute Gasteiger partial charge is 0.255 e. The highest BCUT2D eigenvalue weighted by molar-refractivity contribution is 5.97. The number of nitrogens with zero attached hydrogens (tertiary/aromatic N) is 3. The number of hydrogen-bond acceptors (Lipinski definition) is 5. The Balaban J connectivity index is 1.50. The third-order valence-corrected chi connectivity index (χ3v) is 4.18. The summed E-state index contributed by atoms with van der Waals surface area (Å²) < 4.78 is 12.9. The quantitative estimate of drug-likeness (QED) is 0.780. The number of carbonyl (C=O) groups is 1. The predicted octanol–water partition coefficient (Wildman–Crippen LogP) is 2.18. The maximum Gasteiger partial charge on any atom is 0.255 e. The molecule has 0 radical (unpaired) electrons. The second kappa shape index (κ2) is 6.87. The summed E-state index contributed by atoms with van der Waals surface area (Å²) >= 11 is 0. The van der Waals surface area contributed by atoms with Gasteiger partial charge in [0.2, 0.25) is 0 Å². The summed E-state index contributed by atoms with van der Waals surface area (Å²) in [4.78, 5) is 16.8. The first kappa shape index (κ1) is 16.1. The van der Waals surface area contributed by atoms with Crippen LogP contribution in [0.5, 0.6) is 11.5 Å². The van der Waals surface area contributed by atoms with Crippen LogP contribution in [0.3, 0.4) is 0 Å². The minimum absolute atomic E-state index is 0.210. The molecule has 1 aliphatic rings. The Morgan fingerprint density at radius 2 is 2.12 bits per heavy atom. The fourth-order valence-corrected chi connectivity index (χ4v) is 2.91. The summed E-state index contributed by atoms with van der Waals surface area (Å²) in [6.45, 7) is 1.29. The zero-order valence-electron chi connectivity index (χ0n) is 14.3. The van der Waals surface area contributed by atoms with Gasteiger partial charge in [-0.1, -0.05) is 6.07 Å². The van der Waals surface area contributed by atoms with Crippen LogP contribution >= 0.6 is 0 Å². The van der Waals surface area contributed by atoms with E-state index in [1.807, 2.05) is 19.2 Å². The van der Waals surface area contributed by atoms with Gasteiger partial charge in [0.1, 0.15) is 13.2 Å². The number of aryl methyl sites for hydroxylation is 1. The molecule has 0 saturated heterocycles. The number of benzene rings is 1. The lowest BCUT2D eigenvalue weighted by molar-refractivity contribution is 0.0939. The monoisotopic (exact) mass is 350 g/mol. The lowest BCUT2D eigenvalue weighted by Crippen LogP contribution is -2.25. The first-order valence-corrected chi connectivity index (χ1v) is 8.31. The van der Waals surface area contributed by atoms with Crippen molar-refractivity contribution in [1.82, 2.24) is 20.1 Å². The third kappa shape index (κ3) is 3.11. The van der Waals surface area contributed by atoms with E-state index in [1.165, 1.54) is 0 Å². The van der Waals surface area contributed by atoms with Gasteiger partial charge >= 0.3 is 0 Å². The van der Waals surface area contributed by atoms with Crippen molar-refractivity contribution in [2.45, 2.75) is 6.54 Å². The van der Waals surface area contributed by atoms with Crippen molar-refractivity contribution in [2.75, 3.05) is 13.2 Å². The van der Waals surface area contributed by atoms with Gasteiger partial charge in [-0.25, -0.2) is 0 Å². The Morgan fingerprint density at radius 3 is 2.96 bits per heavy atom. The Labute approximate surface area is 150 Å². The van der Waals surface area contributed by atoms with Crippen molar-refractivity contribution in [3.05, 3.63) is 60.0 Å². The number of aromatic nitrogens is 3. The maximum absolute atomic E-state index is 12.6. The molecule has 7 heteroatoms. The molecule has 0 atom stereocenters. The van der Waals surface area contributed by atoms with Crippen molar-refractivity contribution in [1.29, 1.82) is 0 Å². The van der Waals surface area contributed by atoms with E-state index in [0.717, 1.165) is 16.8 Å². The highest BCUT2D eigenvalue weighted by Crippen LogP contribution is 2.33. The average Bonchev–Trinajstić information content (AvgIpc) is 3.12. The van der Waals surface area contributed by atoms with Crippen LogP contribution in [0.2, 0.25) is 0 Å². The van der Waals surface area contributed by atoms with Crippen LogP contribution in [0.1, 0.15) is 15.9 Å². The van der Waals surface area contributed by atoms with Crippen LogP contribution in [0.4, 0.5) is 0 Å². The second-order valence-electron chi connectivity index (χ2n) is 5.93. The van der Waals surface area contributed by atoms with Crippen molar-refractivity contribution < 1.29 is 14.3 Å². The number of amides is 1. The van der Waals surface area contributed by atoms with Crippen molar-refractivity contribution >= 4 is 5.91 Å².